The van der Waals surface area contributed by atoms with Gasteiger partial charge in [0.15, 0.2) is 0 Å². The molecule has 142 valence electrons. The minimum atomic E-state index is -3.70. The van der Waals surface area contributed by atoms with Crippen molar-refractivity contribution in [2.45, 2.75) is 24.2 Å². The highest BCUT2D eigenvalue weighted by Gasteiger charge is 2.29. The molecule has 0 atom stereocenters. The van der Waals surface area contributed by atoms with Crippen molar-refractivity contribution in [3.63, 3.8) is 0 Å². The molecule has 1 fully saturated rings. The number of ether oxygens (including phenoxy) is 3. The summed E-state index contributed by atoms with van der Waals surface area (Å²) in [6.45, 7) is 1.65. The monoisotopic (exact) mass is 382 g/mol. The van der Waals surface area contributed by atoms with E-state index in [1.165, 1.54) is 29.8 Å². The summed E-state index contributed by atoms with van der Waals surface area (Å²) in [6.07, 6.45) is 3.94. The summed E-state index contributed by atoms with van der Waals surface area (Å²) in [5, 5.41) is 2.63. The summed E-state index contributed by atoms with van der Waals surface area (Å²) in [5.74, 6) is -0.214. The van der Waals surface area contributed by atoms with Gasteiger partial charge < -0.3 is 19.5 Å². The number of nitrogens with zero attached hydrogens (tertiary/aromatic N) is 1. The Bertz CT molecular complexity index is 799. The number of carbonyl (C=O) groups is 1. The van der Waals surface area contributed by atoms with Gasteiger partial charge in [-0.15, -0.1) is 0 Å². The van der Waals surface area contributed by atoms with Crippen LogP contribution in [0.4, 0.5) is 5.69 Å². The summed E-state index contributed by atoms with van der Waals surface area (Å²) in [6, 6.07) is 4.51. The van der Waals surface area contributed by atoms with Crippen molar-refractivity contribution in [1.29, 1.82) is 0 Å². The Morgan fingerprint density at radius 2 is 1.96 bits per heavy atom. The first-order valence-corrected chi connectivity index (χ1v) is 9.90. The summed E-state index contributed by atoms with van der Waals surface area (Å²) < 4.78 is 42.9. The topological polar surface area (TPSA) is 94.2 Å². The molecule has 3 rings (SSSR count). The van der Waals surface area contributed by atoms with Crippen molar-refractivity contribution in [2.24, 2.45) is 0 Å². The zero-order chi connectivity index (χ0) is 18.6. The number of sulfonamides is 1. The van der Waals surface area contributed by atoms with Crippen LogP contribution in [0.2, 0.25) is 0 Å². The fraction of sp³-hybridized carbons (Fsp3) is 0.471. The lowest BCUT2D eigenvalue weighted by Gasteiger charge is -2.26. The third kappa shape index (κ3) is 3.94. The number of carbonyl (C=O) groups excluding carboxylic acids is 1. The minimum Gasteiger partial charge on any atom is -0.495 e. The van der Waals surface area contributed by atoms with E-state index < -0.39 is 15.9 Å². The molecule has 1 saturated heterocycles. The average molecular weight is 382 g/mol. The lowest BCUT2D eigenvalue weighted by atomic mass is 10.2. The van der Waals surface area contributed by atoms with Gasteiger partial charge in [-0.1, -0.05) is 6.42 Å². The normalized spacial score (nSPS) is 18.3. The highest BCUT2D eigenvalue weighted by atomic mass is 32.2. The molecule has 9 heteroatoms. The molecule has 0 aromatic heterocycles. The summed E-state index contributed by atoms with van der Waals surface area (Å²) in [5.41, 5.74) is 0.335. The highest BCUT2D eigenvalue weighted by molar-refractivity contribution is 7.89. The summed E-state index contributed by atoms with van der Waals surface area (Å²) in [7, 11) is -2.28. The van der Waals surface area contributed by atoms with Crippen molar-refractivity contribution >= 4 is 21.6 Å². The standard InChI is InChI=1S/C17H22N2O6S/c1-23-14-6-5-13(18-17(20)15-12-24-9-10-25-15)11-16(14)26(21,22)19-7-3-2-4-8-19/h5-6,11-12H,2-4,7-10H2,1H3,(H,18,20). The van der Waals surface area contributed by atoms with E-state index >= 15 is 0 Å². The zero-order valence-electron chi connectivity index (χ0n) is 14.6. The van der Waals surface area contributed by atoms with Crippen LogP contribution in [0, 0.1) is 0 Å². The molecule has 1 N–H and O–H groups in total. The van der Waals surface area contributed by atoms with E-state index in [0.29, 0.717) is 25.4 Å². The Morgan fingerprint density at radius 3 is 2.62 bits per heavy atom. The fourth-order valence-corrected chi connectivity index (χ4v) is 4.58. The Labute approximate surface area is 152 Å². The number of anilines is 1. The first-order chi connectivity index (χ1) is 12.5. The number of methoxy groups -OCH3 is 1. The molecule has 0 radical (unpaired) electrons. The molecule has 0 aliphatic carbocycles. The third-order valence-corrected chi connectivity index (χ3v) is 6.15. The van der Waals surface area contributed by atoms with Crippen molar-refractivity contribution < 1.29 is 27.4 Å². The predicted molar refractivity (Wildman–Crippen MR) is 94.2 cm³/mol. The van der Waals surface area contributed by atoms with Gasteiger partial charge in [0.25, 0.3) is 5.91 Å². The average Bonchev–Trinajstić information content (AvgIpc) is 2.69. The molecule has 1 aromatic carbocycles. The van der Waals surface area contributed by atoms with Crippen LogP contribution < -0.4 is 10.1 Å². The predicted octanol–water partition coefficient (Wildman–Crippen LogP) is 1.70. The SMILES string of the molecule is COc1ccc(NC(=O)C2=COCCO2)cc1S(=O)(=O)N1CCCCC1. The molecule has 0 saturated carbocycles. The second-order valence-corrected chi connectivity index (χ2v) is 7.89. The Morgan fingerprint density at radius 1 is 1.19 bits per heavy atom. The van der Waals surface area contributed by atoms with Crippen LogP contribution in [-0.2, 0) is 24.3 Å². The minimum absolute atomic E-state index is 0.0366. The Kier molecular flexibility index (Phi) is 5.67. The highest BCUT2D eigenvalue weighted by Crippen LogP contribution is 2.31. The van der Waals surface area contributed by atoms with Crippen LogP contribution in [0.15, 0.2) is 35.1 Å². The summed E-state index contributed by atoms with van der Waals surface area (Å²) in [4.78, 5) is 12.2. The second kappa shape index (κ2) is 7.96. The molecule has 0 unspecified atom stereocenters. The number of nitrogens with one attached hydrogen (secondary N) is 1. The van der Waals surface area contributed by atoms with E-state index in [-0.39, 0.29) is 23.0 Å². The maximum atomic E-state index is 13.0. The van der Waals surface area contributed by atoms with Gasteiger partial charge in [0, 0.05) is 18.8 Å². The molecule has 0 spiro atoms. The van der Waals surface area contributed by atoms with E-state index in [1.807, 2.05) is 0 Å². The van der Waals surface area contributed by atoms with Crippen molar-refractivity contribution in [3.05, 3.63) is 30.2 Å². The van der Waals surface area contributed by atoms with Crippen LogP contribution in [0.5, 0.6) is 5.75 Å². The van der Waals surface area contributed by atoms with Gasteiger partial charge in [0.2, 0.25) is 15.8 Å². The Balaban J connectivity index is 1.86. The smallest absolute Gasteiger partial charge is 0.294 e. The first-order valence-electron chi connectivity index (χ1n) is 8.46. The van der Waals surface area contributed by atoms with Gasteiger partial charge in [0.1, 0.15) is 30.1 Å². The van der Waals surface area contributed by atoms with Gasteiger partial charge >= 0.3 is 0 Å². The fourth-order valence-electron chi connectivity index (χ4n) is 2.88. The van der Waals surface area contributed by atoms with Crippen LogP contribution in [0.25, 0.3) is 0 Å². The van der Waals surface area contributed by atoms with Crippen LogP contribution >= 0.6 is 0 Å². The molecule has 2 heterocycles. The van der Waals surface area contributed by atoms with E-state index in [0.717, 1.165) is 19.3 Å². The molecule has 0 bridgehead atoms. The number of amides is 1. The van der Waals surface area contributed by atoms with Gasteiger partial charge in [-0.05, 0) is 31.0 Å². The Hall–Kier alpha value is -2.26. The molecule has 1 amide bonds. The van der Waals surface area contributed by atoms with Crippen LogP contribution in [0.1, 0.15) is 19.3 Å². The van der Waals surface area contributed by atoms with Crippen molar-refractivity contribution in [2.75, 3.05) is 38.7 Å². The number of hydrogen-bond donors (Lipinski definition) is 1. The first kappa shape index (κ1) is 18.5. The lowest BCUT2D eigenvalue weighted by molar-refractivity contribution is -0.117. The number of hydrogen-bond acceptors (Lipinski definition) is 6. The zero-order valence-corrected chi connectivity index (χ0v) is 15.4. The van der Waals surface area contributed by atoms with Crippen molar-refractivity contribution in [1.82, 2.24) is 4.31 Å². The molecular weight excluding hydrogens is 360 g/mol. The quantitative estimate of drug-likeness (QED) is 0.833. The van der Waals surface area contributed by atoms with E-state index in [2.05, 4.69) is 5.32 Å². The lowest BCUT2D eigenvalue weighted by Crippen LogP contribution is -2.35. The van der Waals surface area contributed by atoms with Crippen LogP contribution in [-0.4, -0.2) is 52.0 Å². The van der Waals surface area contributed by atoms with Crippen LogP contribution in [0.3, 0.4) is 0 Å². The number of rotatable bonds is 5. The van der Waals surface area contributed by atoms with Gasteiger partial charge in [-0.3, -0.25) is 4.79 Å². The van der Waals surface area contributed by atoms with E-state index in [1.54, 1.807) is 6.07 Å². The molecule has 2 aliphatic heterocycles. The summed E-state index contributed by atoms with van der Waals surface area (Å²) >= 11 is 0. The van der Waals surface area contributed by atoms with Gasteiger partial charge in [0.05, 0.1) is 7.11 Å². The van der Waals surface area contributed by atoms with Gasteiger partial charge in [-0.25, -0.2) is 8.42 Å². The van der Waals surface area contributed by atoms with E-state index in [4.69, 9.17) is 14.2 Å². The van der Waals surface area contributed by atoms with Gasteiger partial charge in [-0.2, -0.15) is 4.31 Å². The molecule has 1 aromatic rings. The maximum absolute atomic E-state index is 13.0. The van der Waals surface area contributed by atoms with Crippen molar-refractivity contribution in [3.8, 4) is 5.75 Å². The van der Waals surface area contributed by atoms with E-state index in [9.17, 15) is 13.2 Å². The largest absolute Gasteiger partial charge is 0.495 e. The molecule has 8 nitrogen and oxygen atoms in total. The maximum Gasteiger partial charge on any atom is 0.294 e. The molecule has 26 heavy (non-hydrogen) atoms. The second-order valence-electron chi connectivity index (χ2n) is 5.99. The third-order valence-electron chi connectivity index (χ3n) is 4.23. The number of piperidine rings is 1. The molecule has 2 aliphatic rings. The number of benzene rings is 1. The molecular formula is C17H22N2O6S.